The highest BCUT2D eigenvalue weighted by Crippen LogP contribution is 2.49. The predicted octanol–water partition coefficient (Wildman–Crippen LogP) is 3.21. The predicted molar refractivity (Wildman–Crippen MR) is 106 cm³/mol. The molecule has 0 amide bonds. The smallest absolute Gasteiger partial charge is 0.326 e. The molecule has 30 heavy (non-hydrogen) atoms. The molecule has 2 aromatic rings. The van der Waals surface area contributed by atoms with Gasteiger partial charge in [-0.3, -0.25) is 4.79 Å². The fourth-order valence-electron chi connectivity index (χ4n) is 3.49. The molecule has 10 heteroatoms. The zero-order valence-corrected chi connectivity index (χ0v) is 18.1. The zero-order chi connectivity index (χ0) is 22.1. The summed E-state index contributed by atoms with van der Waals surface area (Å²) in [5.74, 6) is -3.51. The van der Waals surface area contributed by atoms with Gasteiger partial charge in [0.15, 0.2) is 11.5 Å². The quantitative estimate of drug-likeness (QED) is 0.593. The zero-order valence-electron chi connectivity index (χ0n) is 15.7. The van der Waals surface area contributed by atoms with Crippen molar-refractivity contribution in [3.05, 3.63) is 63.9 Å². The van der Waals surface area contributed by atoms with Crippen molar-refractivity contribution >= 4 is 31.9 Å². The van der Waals surface area contributed by atoms with Gasteiger partial charge in [0.05, 0.1) is 23.6 Å². The summed E-state index contributed by atoms with van der Waals surface area (Å²) in [6, 6.07) is 13.3. The third-order valence-corrected chi connectivity index (χ3v) is 7.23. The topological polar surface area (TPSA) is 111 Å². The first kappa shape index (κ1) is 21.9. The Kier molecular flexibility index (Phi) is 5.95. The van der Waals surface area contributed by atoms with Gasteiger partial charge >= 0.3 is 5.97 Å². The van der Waals surface area contributed by atoms with Crippen LogP contribution in [0.25, 0.3) is 0 Å². The lowest BCUT2D eigenvalue weighted by Crippen LogP contribution is -2.50. The summed E-state index contributed by atoms with van der Waals surface area (Å²) in [5, 5.41) is 19.9. The number of hydrogen-bond donors (Lipinski definition) is 0. The Morgan fingerprint density at radius 2 is 2.00 bits per heavy atom. The highest BCUT2D eigenvalue weighted by Gasteiger charge is 2.61. The number of rotatable bonds is 5. The molecule has 0 spiro atoms. The Balaban J connectivity index is 2.28. The number of sulfonamides is 1. The van der Waals surface area contributed by atoms with E-state index in [0.29, 0.717) is 8.78 Å². The average Bonchev–Trinajstić information content (AvgIpc) is 2.90. The van der Waals surface area contributed by atoms with Gasteiger partial charge in [-0.1, -0.05) is 40.2 Å². The van der Waals surface area contributed by atoms with Crippen molar-refractivity contribution < 1.29 is 22.3 Å². The van der Waals surface area contributed by atoms with Gasteiger partial charge in [0.1, 0.15) is 5.82 Å². The molecule has 0 N–H and O–H groups in total. The van der Waals surface area contributed by atoms with Crippen LogP contribution in [0.1, 0.15) is 18.1 Å². The molecule has 0 saturated carbocycles. The molecule has 0 saturated heterocycles. The summed E-state index contributed by atoms with van der Waals surface area (Å²) in [4.78, 5) is 12.3. The van der Waals surface area contributed by atoms with Crippen molar-refractivity contribution in [3.8, 4) is 12.1 Å². The highest BCUT2D eigenvalue weighted by molar-refractivity contribution is 9.10. The third kappa shape index (κ3) is 3.27. The molecule has 2 unspecified atom stereocenters. The Morgan fingerprint density at radius 1 is 1.30 bits per heavy atom. The largest absolute Gasteiger partial charge is 0.465 e. The van der Waals surface area contributed by atoms with E-state index in [1.54, 1.807) is 6.07 Å². The Bertz CT molecular complexity index is 1210. The summed E-state index contributed by atoms with van der Waals surface area (Å²) in [6.07, 6.45) is 0. The van der Waals surface area contributed by atoms with E-state index < -0.39 is 39.8 Å². The standard InChI is InChI=1S/C20H15BrFN3O4S/c1-2-29-19(26)16(10-23)20(12-24)15-5-3-4-6-18(15)30(27,28)25(20)11-13-7-8-14(21)9-17(13)22/h3-9,16H,2,11H2,1H3. The maximum atomic E-state index is 14.5. The molecule has 0 radical (unpaired) electrons. The average molecular weight is 492 g/mol. The van der Waals surface area contributed by atoms with Crippen LogP contribution >= 0.6 is 15.9 Å². The fraction of sp³-hybridized carbons (Fsp3) is 0.250. The molecule has 0 aromatic heterocycles. The van der Waals surface area contributed by atoms with E-state index in [1.165, 1.54) is 43.3 Å². The third-order valence-electron chi connectivity index (χ3n) is 4.83. The van der Waals surface area contributed by atoms with Gasteiger partial charge in [-0.05, 0) is 25.1 Å². The molecule has 0 bridgehead atoms. The van der Waals surface area contributed by atoms with Crippen LogP contribution in [0.15, 0.2) is 51.8 Å². The number of fused-ring (bicyclic) bond motifs is 1. The minimum Gasteiger partial charge on any atom is -0.465 e. The number of halogens is 2. The fourth-order valence-corrected chi connectivity index (χ4v) is 5.74. The summed E-state index contributed by atoms with van der Waals surface area (Å²) >= 11 is 3.13. The van der Waals surface area contributed by atoms with Crippen molar-refractivity contribution in [3.63, 3.8) is 0 Å². The second-order valence-electron chi connectivity index (χ2n) is 6.44. The molecule has 2 atom stereocenters. The molecule has 1 aliphatic rings. The van der Waals surface area contributed by atoms with Gasteiger partial charge < -0.3 is 4.74 Å². The van der Waals surface area contributed by atoms with Crippen molar-refractivity contribution in [2.75, 3.05) is 6.61 Å². The van der Waals surface area contributed by atoms with Gasteiger partial charge in [0.25, 0.3) is 0 Å². The van der Waals surface area contributed by atoms with E-state index >= 15 is 0 Å². The van der Waals surface area contributed by atoms with Crippen molar-refractivity contribution in [1.29, 1.82) is 10.5 Å². The Labute approximate surface area is 181 Å². The summed E-state index contributed by atoms with van der Waals surface area (Å²) in [5.41, 5.74) is -2.25. The number of nitrogens with zero attached hydrogens (tertiary/aromatic N) is 3. The molecule has 7 nitrogen and oxygen atoms in total. The first-order valence-electron chi connectivity index (χ1n) is 8.77. The number of benzene rings is 2. The van der Waals surface area contributed by atoms with Gasteiger partial charge in [-0.25, -0.2) is 12.8 Å². The van der Waals surface area contributed by atoms with Gasteiger partial charge in [0, 0.05) is 22.1 Å². The number of carbonyl (C=O) groups is 1. The van der Waals surface area contributed by atoms with Crippen molar-refractivity contribution in [1.82, 2.24) is 4.31 Å². The molecule has 2 aromatic carbocycles. The summed E-state index contributed by atoms with van der Waals surface area (Å²) in [6.45, 7) is 0.912. The second-order valence-corrected chi connectivity index (χ2v) is 9.18. The van der Waals surface area contributed by atoms with E-state index in [2.05, 4.69) is 15.9 Å². The van der Waals surface area contributed by atoms with Crippen molar-refractivity contribution in [2.45, 2.75) is 23.9 Å². The number of hydrogen-bond acceptors (Lipinski definition) is 6. The molecular formula is C20H15BrFN3O4S. The van der Waals surface area contributed by atoms with E-state index in [4.69, 9.17) is 4.74 Å². The number of ether oxygens (including phenoxy) is 1. The minimum absolute atomic E-state index is 0.0187. The first-order chi connectivity index (χ1) is 14.2. The van der Waals surface area contributed by atoms with Crippen LogP contribution in [0.3, 0.4) is 0 Å². The number of nitriles is 2. The lowest BCUT2D eigenvalue weighted by Gasteiger charge is -2.33. The molecule has 154 valence electrons. The van der Waals surface area contributed by atoms with Crippen LogP contribution in [-0.4, -0.2) is 25.3 Å². The Hall–Kier alpha value is -2.79. The Morgan fingerprint density at radius 3 is 2.60 bits per heavy atom. The molecule has 3 rings (SSSR count). The normalized spacial score (nSPS) is 20.6. The number of carbonyl (C=O) groups excluding carboxylic acids is 1. The monoisotopic (exact) mass is 491 g/mol. The maximum Gasteiger partial charge on any atom is 0.326 e. The van der Waals surface area contributed by atoms with Gasteiger partial charge in [-0.2, -0.15) is 14.8 Å². The molecule has 1 heterocycles. The van der Waals surface area contributed by atoms with Crippen molar-refractivity contribution in [2.24, 2.45) is 5.92 Å². The van der Waals surface area contributed by atoms with Crippen LogP contribution in [0, 0.1) is 34.4 Å². The van der Waals surface area contributed by atoms with Gasteiger partial charge in [-0.15, -0.1) is 0 Å². The van der Waals surface area contributed by atoms with Crippen LogP contribution < -0.4 is 0 Å². The van der Waals surface area contributed by atoms with E-state index in [1.807, 2.05) is 6.07 Å². The highest BCUT2D eigenvalue weighted by atomic mass is 79.9. The molecule has 1 aliphatic heterocycles. The first-order valence-corrected chi connectivity index (χ1v) is 11.0. The molecule has 0 aliphatic carbocycles. The van der Waals surface area contributed by atoms with E-state index in [-0.39, 0.29) is 22.6 Å². The van der Waals surface area contributed by atoms with E-state index in [0.717, 1.165) is 6.07 Å². The minimum atomic E-state index is -4.32. The molecule has 0 fully saturated rings. The SMILES string of the molecule is CCOC(=O)C(C#N)C1(C#N)c2ccccc2S(=O)(=O)N1Cc1ccc(Br)cc1F. The van der Waals surface area contributed by atoms with Crippen LogP contribution in [0.4, 0.5) is 4.39 Å². The summed E-state index contributed by atoms with van der Waals surface area (Å²) < 4.78 is 47.3. The summed E-state index contributed by atoms with van der Waals surface area (Å²) in [7, 11) is -4.32. The number of esters is 1. The second kappa shape index (κ2) is 8.15. The lowest BCUT2D eigenvalue weighted by molar-refractivity contribution is -0.149. The maximum absolute atomic E-state index is 14.5. The van der Waals surface area contributed by atoms with Gasteiger partial charge in [0.2, 0.25) is 10.0 Å². The molecular weight excluding hydrogens is 477 g/mol. The van der Waals surface area contributed by atoms with Crippen LogP contribution in [0.2, 0.25) is 0 Å². The lowest BCUT2D eigenvalue weighted by atomic mass is 9.79. The van der Waals surface area contributed by atoms with Crippen LogP contribution in [-0.2, 0) is 31.6 Å². The van der Waals surface area contributed by atoms with Crippen LogP contribution in [0.5, 0.6) is 0 Å². The van der Waals surface area contributed by atoms with E-state index in [9.17, 15) is 28.1 Å².